The number of halogens is 1. The smallest absolute Gasteiger partial charge is 0.410 e. The first-order valence-corrected chi connectivity index (χ1v) is 8.21. The molecule has 1 aliphatic rings. The first-order chi connectivity index (χ1) is 10.6. The van der Waals surface area contributed by atoms with Crippen molar-refractivity contribution in [2.75, 3.05) is 18.8 Å². The number of nitrogens with zero attached hydrogens (tertiary/aromatic N) is 1. The first-order valence-electron chi connectivity index (χ1n) is 7.39. The third-order valence-electron chi connectivity index (χ3n) is 3.60. The molecule has 2 heterocycles. The van der Waals surface area contributed by atoms with Crippen LogP contribution in [0.15, 0.2) is 6.07 Å². The van der Waals surface area contributed by atoms with E-state index in [0.29, 0.717) is 22.8 Å². The number of anilines is 1. The van der Waals surface area contributed by atoms with Crippen molar-refractivity contribution in [1.29, 1.82) is 0 Å². The number of nitrogens with two attached hydrogens (primary N) is 2. The summed E-state index contributed by atoms with van der Waals surface area (Å²) in [5.74, 6) is -1.01. The summed E-state index contributed by atoms with van der Waals surface area (Å²) in [6, 6.07) is 1.56. The van der Waals surface area contributed by atoms with Gasteiger partial charge in [-0.3, -0.25) is 4.79 Å². The second-order valence-electron chi connectivity index (χ2n) is 6.63. The molecule has 8 heteroatoms. The fraction of sp³-hybridized carbons (Fsp3) is 0.600. The Bertz CT molecular complexity index is 612. The van der Waals surface area contributed by atoms with Gasteiger partial charge < -0.3 is 21.1 Å². The van der Waals surface area contributed by atoms with Crippen LogP contribution in [0, 0.1) is 0 Å². The zero-order chi connectivity index (χ0) is 17.4. The molecule has 2 atom stereocenters. The monoisotopic (exact) mass is 343 g/mol. The Morgan fingerprint density at radius 2 is 2.09 bits per heavy atom. The minimum atomic E-state index is -1.24. The minimum absolute atomic E-state index is 0.0384. The molecule has 1 aromatic rings. The molecule has 1 aromatic heterocycles. The second-order valence-corrected chi connectivity index (χ2v) is 7.74. The van der Waals surface area contributed by atoms with Crippen molar-refractivity contribution in [3.8, 4) is 0 Å². The summed E-state index contributed by atoms with van der Waals surface area (Å²) >= 11 is 1.17. The van der Waals surface area contributed by atoms with Crippen molar-refractivity contribution in [3.63, 3.8) is 0 Å². The van der Waals surface area contributed by atoms with Crippen molar-refractivity contribution in [3.05, 3.63) is 16.5 Å². The lowest BCUT2D eigenvalue weighted by molar-refractivity contribution is 0.0113. The molecule has 0 aromatic carbocycles. The van der Waals surface area contributed by atoms with Gasteiger partial charge in [-0.1, -0.05) is 0 Å². The van der Waals surface area contributed by atoms with Crippen LogP contribution in [-0.2, 0) is 4.74 Å². The standard InChI is InChI=1S/C15H22FN3O3S/c1-15(2,3)22-14(21)19-5-4-8(10(16)7-19)11-6-9(12(17)20)13(18)23-11/h6,8,10H,4-5,7,18H2,1-3H3,(H2,17,20)/t8-,10+/m0/s1. The van der Waals surface area contributed by atoms with E-state index < -0.39 is 29.7 Å². The van der Waals surface area contributed by atoms with Crippen LogP contribution in [-0.4, -0.2) is 41.8 Å². The Kier molecular flexibility index (Phi) is 4.84. The van der Waals surface area contributed by atoms with Crippen molar-refractivity contribution >= 4 is 28.3 Å². The highest BCUT2D eigenvalue weighted by molar-refractivity contribution is 7.16. The predicted molar refractivity (Wildman–Crippen MR) is 87.3 cm³/mol. The van der Waals surface area contributed by atoms with E-state index in [4.69, 9.17) is 16.2 Å². The van der Waals surface area contributed by atoms with Gasteiger partial charge in [-0.05, 0) is 33.3 Å². The maximum absolute atomic E-state index is 14.5. The van der Waals surface area contributed by atoms with Gasteiger partial charge >= 0.3 is 6.09 Å². The molecule has 2 amide bonds. The van der Waals surface area contributed by atoms with Crippen LogP contribution in [0.1, 0.15) is 48.3 Å². The second kappa shape index (κ2) is 6.35. The number of carbonyl (C=O) groups is 2. The van der Waals surface area contributed by atoms with E-state index in [1.165, 1.54) is 16.2 Å². The molecule has 0 saturated carbocycles. The number of hydrogen-bond donors (Lipinski definition) is 2. The topological polar surface area (TPSA) is 98.6 Å². The molecular formula is C15H22FN3O3S. The maximum Gasteiger partial charge on any atom is 0.410 e. The quantitative estimate of drug-likeness (QED) is 0.862. The van der Waals surface area contributed by atoms with Crippen molar-refractivity contribution < 1.29 is 18.7 Å². The SMILES string of the molecule is CC(C)(C)OC(=O)N1CC[C@H](c2cc(C(N)=O)c(N)s2)[C@H](F)C1. The summed E-state index contributed by atoms with van der Waals surface area (Å²) in [7, 11) is 0. The number of rotatable bonds is 2. The predicted octanol–water partition coefficient (Wildman–Crippen LogP) is 2.49. The van der Waals surface area contributed by atoms with Crippen LogP contribution in [0.5, 0.6) is 0 Å². The molecule has 2 rings (SSSR count). The Balaban J connectivity index is 2.06. The van der Waals surface area contributed by atoms with Crippen molar-refractivity contribution in [1.82, 2.24) is 4.90 Å². The third-order valence-corrected chi connectivity index (χ3v) is 4.70. The molecule has 0 spiro atoms. The number of likely N-dealkylation sites (tertiary alicyclic amines) is 1. The van der Waals surface area contributed by atoms with Crippen LogP contribution >= 0.6 is 11.3 Å². The van der Waals surface area contributed by atoms with Crippen LogP contribution < -0.4 is 11.5 Å². The molecule has 1 saturated heterocycles. The first kappa shape index (κ1) is 17.5. The average molecular weight is 343 g/mol. The van der Waals surface area contributed by atoms with Crippen LogP contribution in [0.2, 0.25) is 0 Å². The van der Waals surface area contributed by atoms with Crippen LogP contribution in [0.25, 0.3) is 0 Å². The number of piperidine rings is 1. The lowest BCUT2D eigenvalue weighted by atomic mass is 9.93. The number of primary amides is 1. The Labute approximate surface area is 138 Å². The zero-order valence-corrected chi connectivity index (χ0v) is 14.3. The molecule has 0 unspecified atom stereocenters. The molecule has 23 heavy (non-hydrogen) atoms. The normalized spacial score (nSPS) is 22.0. The number of thiophene rings is 1. The Morgan fingerprint density at radius 3 is 2.57 bits per heavy atom. The van der Waals surface area contributed by atoms with Gasteiger partial charge in [0.25, 0.3) is 5.91 Å². The van der Waals surface area contributed by atoms with E-state index >= 15 is 0 Å². The van der Waals surface area contributed by atoms with Gasteiger partial charge in [0.2, 0.25) is 0 Å². The number of carbonyl (C=O) groups excluding carboxylic acids is 2. The van der Waals surface area contributed by atoms with Crippen molar-refractivity contribution in [2.24, 2.45) is 5.73 Å². The van der Waals surface area contributed by atoms with Gasteiger partial charge in [-0.2, -0.15) is 0 Å². The molecule has 4 N–H and O–H groups in total. The van der Waals surface area contributed by atoms with Crippen LogP contribution in [0.3, 0.4) is 0 Å². The molecule has 6 nitrogen and oxygen atoms in total. The van der Waals surface area contributed by atoms with Gasteiger partial charge in [0, 0.05) is 17.3 Å². The molecule has 1 aliphatic heterocycles. The van der Waals surface area contributed by atoms with E-state index in [1.54, 1.807) is 26.8 Å². The fourth-order valence-electron chi connectivity index (χ4n) is 2.52. The van der Waals surface area contributed by atoms with Gasteiger partial charge in [-0.15, -0.1) is 11.3 Å². The van der Waals surface area contributed by atoms with Gasteiger partial charge in [0.1, 0.15) is 11.8 Å². The van der Waals surface area contributed by atoms with Gasteiger partial charge in [0.05, 0.1) is 17.1 Å². The third kappa shape index (κ3) is 4.13. The van der Waals surface area contributed by atoms with E-state index in [9.17, 15) is 14.0 Å². The number of amides is 2. The Morgan fingerprint density at radius 1 is 1.43 bits per heavy atom. The molecule has 0 aliphatic carbocycles. The molecule has 1 fully saturated rings. The lowest BCUT2D eigenvalue weighted by Crippen LogP contribution is -2.46. The maximum atomic E-state index is 14.5. The fourth-order valence-corrected chi connectivity index (χ4v) is 3.63. The summed E-state index contributed by atoms with van der Waals surface area (Å²) in [5.41, 5.74) is 10.6. The number of nitrogen functional groups attached to an aromatic ring is 1. The lowest BCUT2D eigenvalue weighted by Gasteiger charge is -2.35. The summed E-state index contributed by atoms with van der Waals surface area (Å²) in [4.78, 5) is 25.3. The molecular weight excluding hydrogens is 321 g/mol. The van der Waals surface area contributed by atoms with Crippen molar-refractivity contribution in [2.45, 2.75) is 44.9 Å². The Hall–Kier alpha value is -1.83. The van der Waals surface area contributed by atoms with Crippen LogP contribution in [0.4, 0.5) is 14.2 Å². The number of ether oxygens (including phenoxy) is 1. The van der Waals surface area contributed by atoms with Gasteiger partial charge in [0.15, 0.2) is 0 Å². The van der Waals surface area contributed by atoms with E-state index in [1.807, 2.05) is 0 Å². The summed E-state index contributed by atoms with van der Waals surface area (Å²) in [6.45, 7) is 5.66. The molecule has 0 radical (unpaired) electrons. The highest BCUT2D eigenvalue weighted by Gasteiger charge is 2.35. The van der Waals surface area contributed by atoms with E-state index in [-0.39, 0.29) is 12.1 Å². The van der Waals surface area contributed by atoms with E-state index in [0.717, 1.165) is 0 Å². The highest BCUT2D eigenvalue weighted by atomic mass is 32.1. The number of alkyl halides is 1. The highest BCUT2D eigenvalue weighted by Crippen LogP contribution is 2.38. The largest absolute Gasteiger partial charge is 0.444 e. The van der Waals surface area contributed by atoms with Gasteiger partial charge in [-0.25, -0.2) is 9.18 Å². The summed E-state index contributed by atoms with van der Waals surface area (Å²) in [6.07, 6.45) is -1.31. The zero-order valence-electron chi connectivity index (χ0n) is 13.5. The summed E-state index contributed by atoms with van der Waals surface area (Å²) in [5, 5.41) is 0.300. The average Bonchev–Trinajstić information content (AvgIpc) is 2.78. The summed E-state index contributed by atoms with van der Waals surface area (Å²) < 4.78 is 19.8. The van der Waals surface area contributed by atoms with E-state index in [2.05, 4.69) is 0 Å². The molecule has 0 bridgehead atoms. The minimum Gasteiger partial charge on any atom is -0.444 e. The number of hydrogen-bond acceptors (Lipinski definition) is 5. The molecule has 128 valence electrons.